The highest BCUT2D eigenvalue weighted by Gasteiger charge is 2.33. The number of nitrogens with zero attached hydrogens (tertiary/aromatic N) is 3. The molecule has 2 aromatic heterocycles. The van der Waals surface area contributed by atoms with Crippen molar-refractivity contribution in [2.75, 3.05) is 19.0 Å². The van der Waals surface area contributed by atoms with Gasteiger partial charge in [-0.15, -0.1) is 6.42 Å². The molecule has 1 N–H and O–H groups in total. The van der Waals surface area contributed by atoms with E-state index in [2.05, 4.69) is 11.2 Å². The van der Waals surface area contributed by atoms with E-state index < -0.39 is 0 Å². The second-order valence-corrected chi connectivity index (χ2v) is 8.47. The Labute approximate surface area is 189 Å². The molecule has 5 rings (SSSR count). The lowest BCUT2D eigenvalue weighted by molar-refractivity contribution is -0.116. The Hall–Kier alpha value is -3.83. The van der Waals surface area contributed by atoms with E-state index in [1.165, 1.54) is 11.3 Å². The van der Waals surface area contributed by atoms with Crippen LogP contribution in [0.4, 0.5) is 5.82 Å². The number of methoxy groups -OCH3 is 1. The van der Waals surface area contributed by atoms with Gasteiger partial charge in [0.1, 0.15) is 23.9 Å². The lowest BCUT2D eigenvalue weighted by Gasteiger charge is -2.24. The molecule has 1 atom stereocenters. The van der Waals surface area contributed by atoms with Gasteiger partial charge in [-0.05, 0) is 42.8 Å². The predicted molar refractivity (Wildman–Crippen MR) is 124 cm³/mol. The molecular formula is C24H20N4O3S. The average molecular weight is 445 g/mol. The molecule has 1 aliphatic rings. The zero-order valence-electron chi connectivity index (χ0n) is 17.6. The lowest BCUT2D eigenvalue weighted by Crippen LogP contribution is -2.24. The summed E-state index contributed by atoms with van der Waals surface area (Å²) in [6.45, 7) is 2.18. The number of rotatable bonds is 5. The zero-order chi connectivity index (χ0) is 22.2. The van der Waals surface area contributed by atoms with Crippen LogP contribution in [0.3, 0.4) is 0 Å². The quantitative estimate of drug-likeness (QED) is 0.465. The summed E-state index contributed by atoms with van der Waals surface area (Å²) in [6.07, 6.45) is 5.61. The van der Waals surface area contributed by atoms with Gasteiger partial charge in [-0.1, -0.05) is 29.4 Å². The fourth-order valence-electron chi connectivity index (χ4n) is 4.00. The molecule has 1 amide bonds. The van der Waals surface area contributed by atoms with Crippen molar-refractivity contribution in [3.8, 4) is 29.0 Å². The highest BCUT2D eigenvalue weighted by atomic mass is 32.1. The molecule has 7 nitrogen and oxygen atoms in total. The van der Waals surface area contributed by atoms with Crippen LogP contribution in [0.1, 0.15) is 29.2 Å². The van der Waals surface area contributed by atoms with Crippen LogP contribution in [0.5, 0.6) is 11.5 Å². The summed E-state index contributed by atoms with van der Waals surface area (Å²) in [4.78, 5) is 17.4. The molecule has 0 radical (unpaired) electrons. The third-order valence-electron chi connectivity index (χ3n) is 5.47. The van der Waals surface area contributed by atoms with Crippen molar-refractivity contribution in [1.82, 2.24) is 14.8 Å². The summed E-state index contributed by atoms with van der Waals surface area (Å²) in [5, 5.41) is 8.44. The van der Waals surface area contributed by atoms with Crippen LogP contribution in [0.15, 0.2) is 42.5 Å². The van der Waals surface area contributed by atoms with Gasteiger partial charge in [0, 0.05) is 17.9 Å². The van der Waals surface area contributed by atoms with Gasteiger partial charge in [0.25, 0.3) is 0 Å². The normalized spacial score (nSPS) is 15.2. The Morgan fingerprint density at radius 2 is 2.03 bits per heavy atom. The van der Waals surface area contributed by atoms with Gasteiger partial charge in [0.05, 0.1) is 23.0 Å². The van der Waals surface area contributed by atoms with E-state index >= 15 is 0 Å². The molecule has 32 heavy (non-hydrogen) atoms. The molecule has 0 bridgehead atoms. The summed E-state index contributed by atoms with van der Waals surface area (Å²) in [7, 11) is 1.64. The van der Waals surface area contributed by atoms with E-state index in [4.69, 9.17) is 26.0 Å². The Morgan fingerprint density at radius 1 is 1.25 bits per heavy atom. The molecule has 1 unspecified atom stereocenters. The van der Waals surface area contributed by atoms with Gasteiger partial charge >= 0.3 is 0 Å². The van der Waals surface area contributed by atoms with E-state index in [1.54, 1.807) is 11.8 Å². The number of aryl methyl sites for hydroxylation is 1. The molecule has 3 heterocycles. The predicted octanol–water partition coefficient (Wildman–Crippen LogP) is 4.29. The number of nitrogens with one attached hydrogen (secondary N) is 1. The molecule has 0 saturated heterocycles. The summed E-state index contributed by atoms with van der Waals surface area (Å²) in [5.74, 6) is 4.43. The number of thiazole rings is 1. The molecule has 8 heteroatoms. The molecule has 0 spiro atoms. The number of carbonyl (C=O) groups excluding carboxylic acids is 1. The molecule has 1 aliphatic heterocycles. The Bertz CT molecular complexity index is 1360. The molecule has 0 saturated carbocycles. The number of aromatic nitrogens is 3. The maximum absolute atomic E-state index is 12.6. The number of hydrogen-bond donors (Lipinski definition) is 1. The Balaban J connectivity index is 1.56. The first-order valence-electron chi connectivity index (χ1n) is 10.1. The molecule has 160 valence electrons. The fourth-order valence-corrected chi connectivity index (χ4v) is 4.95. The maximum Gasteiger partial charge on any atom is 0.226 e. The number of anilines is 1. The standard InChI is InChI=1S/C24H20N4O3S/c1-4-11-31-16-7-5-15(6-8-16)18-13-21(29)26-23-22(18)14(2)27-28(23)24-25-19-10-9-17(30-3)12-20(19)32-24/h1,5-10,12,18H,11,13H2,2-3H3,(H,26,29). The minimum atomic E-state index is -0.108. The number of hydrogen-bond acceptors (Lipinski definition) is 6. The molecular weight excluding hydrogens is 424 g/mol. The van der Waals surface area contributed by atoms with Crippen LogP contribution < -0.4 is 14.8 Å². The van der Waals surface area contributed by atoms with Gasteiger partial charge in [0.15, 0.2) is 0 Å². The number of fused-ring (bicyclic) bond motifs is 2. The minimum absolute atomic E-state index is 0.0564. The van der Waals surface area contributed by atoms with Gasteiger partial charge < -0.3 is 14.8 Å². The molecule has 2 aromatic carbocycles. The number of ether oxygens (including phenoxy) is 2. The van der Waals surface area contributed by atoms with E-state index in [9.17, 15) is 4.79 Å². The fraction of sp³-hybridized carbons (Fsp3) is 0.208. The summed E-state index contributed by atoms with van der Waals surface area (Å²) >= 11 is 1.50. The SMILES string of the molecule is C#CCOc1ccc(C2CC(=O)Nc3c2c(C)nn3-c2nc3ccc(OC)cc3s2)cc1. The van der Waals surface area contributed by atoms with E-state index in [0.717, 1.165) is 32.8 Å². The van der Waals surface area contributed by atoms with Crippen molar-refractivity contribution in [3.63, 3.8) is 0 Å². The van der Waals surface area contributed by atoms with Crippen LogP contribution in [-0.4, -0.2) is 34.4 Å². The van der Waals surface area contributed by atoms with Crippen LogP contribution in [0, 0.1) is 19.3 Å². The van der Waals surface area contributed by atoms with Crippen molar-refractivity contribution in [3.05, 3.63) is 59.3 Å². The number of benzene rings is 2. The summed E-state index contributed by atoms with van der Waals surface area (Å²) in [5.41, 5.74) is 3.73. The van der Waals surface area contributed by atoms with E-state index in [-0.39, 0.29) is 18.4 Å². The van der Waals surface area contributed by atoms with Crippen LogP contribution in [0.25, 0.3) is 15.3 Å². The minimum Gasteiger partial charge on any atom is -0.497 e. The number of amides is 1. The zero-order valence-corrected chi connectivity index (χ0v) is 18.4. The van der Waals surface area contributed by atoms with Crippen molar-refractivity contribution >= 4 is 33.3 Å². The first kappa shape index (κ1) is 20.1. The van der Waals surface area contributed by atoms with Gasteiger partial charge in [-0.25, -0.2) is 4.98 Å². The maximum atomic E-state index is 12.6. The third kappa shape index (κ3) is 3.47. The van der Waals surface area contributed by atoms with E-state index in [1.807, 2.05) is 49.4 Å². The summed E-state index contributed by atoms with van der Waals surface area (Å²) in [6, 6.07) is 13.4. The first-order chi connectivity index (χ1) is 15.6. The highest BCUT2D eigenvalue weighted by Crippen LogP contribution is 2.41. The van der Waals surface area contributed by atoms with Gasteiger partial charge in [0.2, 0.25) is 11.0 Å². The van der Waals surface area contributed by atoms with Crippen molar-refractivity contribution < 1.29 is 14.3 Å². The topological polar surface area (TPSA) is 78.3 Å². The van der Waals surface area contributed by atoms with Gasteiger partial charge in [-0.3, -0.25) is 4.79 Å². The third-order valence-corrected chi connectivity index (χ3v) is 6.47. The Kier molecular flexibility index (Phi) is 5.04. The van der Waals surface area contributed by atoms with E-state index in [0.29, 0.717) is 23.1 Å². The largest absolute Gasteiger partial charge is 0.497 e. The van der Waals surface area contributed by atoms with Crippen LogP contribution in [0.2, 0.25) is 0 Å². The molecule has 4 aromatic rings. The summed E-state index contributed by atoms with van der Waals surface area (Å²) < 4.78 is 13.5. The van der Waals surface area contributed by atoms with Crippen molar-refractivity contribution in [2.24, 2.45) is 0 Å². The average Bonchev–Trinajstić information content (AvgIpc) is 3.37. The Morgan fingerprint density at radius 3 is 2.78 bits per heavy atom. The molecule has 0 aliphatic carbocycles. The highest BCUT2D eigenvalue weighted by molar-refractivity contribution is 7.20. The number of carbonyl (C=O) groups is 1. The second-order valence-electron chi connectivity index (χ2n) is 7.46. The number of terminal acetylenes is 1. The van der Waals surface area contributed by atoms with Crippen LogP contribution >= 0.6 is 11.3 Å². The first-order valence-corrected chi connectivity index (χ1v) is 10.9. The second kappa shape index (κ2) is 8.02. The van der Waals surface area contributed by atoms with Crippen molar-refractivity contribution in [1.29, 1.82) is 0 Å². The smallest absolute Gasteiger partial charge is 0.226 e. The lowest BCUT2D eigenvalue weighted by atomic mass is 9.86. The monoisotopic (exact) mass is 444 g/mol. The van der Waals surface area contributed by atoms with Gasteiger partial charge in [-0.2, -0.15) is 9.78 Å². The van der Waals surface area contributed by atoms with Crippen molar-refractivity contribution in [2.45, 2.75) is 19.3 Å². The van der Waals surface area contributed by atoms with Crippen LogP contribution in [-0.2, 0) is 4.79 Å². The molecule has 0 fully saturated rings.